The van der Waals surface area contributed by atoms with E-state index in [1.54, 1.807) is 37.3 Å². The second-order valence-electron chi connectivity index (χ2n) is 6.68. The minimum Gasteiger partial charge on any atom is -0.392 e. The van der Waals surface area contributed by atoms with Gasteiger partial charge >= 0.3 is 0 Å². The van der Waals surface area contributed by atoms with Crippen molar-refractivity contribution in [3.05, 3.63) is 70.1 Å². The Kier molecular flexibility index (Phi) is 5.45. The van der Waals surface area contributed by atoms with Crippen LogP contribution >= 0.6 is 0 Å². The average molecular weight is 385 g/mol. The molecule has 0 fully saturated rings. The van der Waals surface area contributed by atoms with Crippen LogP contribution in [-0.2, 0) is 6.61 Å². The van der Waals surface area contributed by atoms with Gasteiger partial charge in [-0.3, -0.25) is 9.78 Å². The van der Waals surface area contributed by atoms with Crippen LogP contribution in [0.4, 0.5) is 0 Å². The maximum absolute atomic E-state index is 12.2. The lowest BCUT2D eigenvalue weighted by Crippen LogP contribution is -2.31. The summed E-state index contributed by atoms with van der Waals surface area (Å²) >= 11 is 0. The molecule has 29 heavy (non-hydrogen) atoms. The lowest BCUT2D eigenvalue weighted by atomic mass is 9.82. The molecule has 4 N–H and O–H groups in total. The summed E-state index contributed by atoms with van der Waals surface area (Å²) in [6.07, 6.45) is 1.51. The molecule has 0 radical (unpaired) electrons. The summed E-state index contributed by atoms with van der Waals surface area (Å²) < 4.78 is 0. The number of nitrogens with one attached hydrogen (secondary N) is 1. The number of carbonyl (C=O) groups is 1. The third kappa shape index (κ3) is 3.47. The summed E-state index contributed by atoms with van der Waals surface area (Å²) in [4.78, 5) is 16.5. The summed E-state index contributed by atoms with van der Waals surface area (Å²) in [6.45, 7) is 3.45. The zero-order valence-corrected chi connectivity index (χ0v) is 16.0. The molecule has 7 heteroatoms. The van der Waals surface area contributed by atoms with Gasteiger partial charge in [-0.05, 0) is 37.1 Å². The van der Waals surface area contributed by atoms with E-state index in [9.17, 15) is 20.4 Å². The van der Waals surface area contributed by atoms with Crippen LogP contribution in [0, 0.1) is 22.7 Å². The Balaban J connectivity index is 2.41. The summed E-state index contributed by atoms with van der Waals surface area (Å²) in [6, 6.07) is 12.4. The van der Waals surface area contributed by atoms with Crippen LogP contribution in [0.3, 0.4) is 0 Å². The Morgan fingerprint density at radius 3 is 2.59 bits per heavy atom. The lowest BCUT2D eigenvalue weighted by Gasteiger charge is -2.27. The number of benzene rings is 1. The van der Waals surface area contributed by atoms with E-state index >= 15 is 0 Å². The number of hydrogen-bond acceptors (Lipinski definition) is 6. The highest BCUT2D eigenvalue weighted by Crippen LogP contribution is 2.39. The number of nitriles is 2. The van der Waals surface area contributed by atoms with Gasteiger partial charge in [-0.2, -0.15) is 10.5 Å². The number of pyridine rings is 1. The average Bonchev–Trinajstić information content (AvgIpc) is 2.72. The van der Waals surface area contributed by atoms with Crippen LogP contribution in [-0.4, -0.2) is 22.0 Å². The predicted molar refractivity (Wildman–Crippen MR) is 108 cm³/mol. The van der Waals surface area contributed by atoms with E-state index in [0.29, 0.717) is 44.8 Å². The molecule has 1 amide bonds. The molecule has 1 atom stereocenters. The van der Waals surface area contributed by atoms with E-state index in [4.69, 9.17) is 5.73 Å². The molecule has 0 saturated heterocycles. The molecule has 1 aliphatic heterocycles. The number of hydrogen-bond donors (Lipinski definition) is 3. The summed E-state index contributed by atoms with van der Waals surface area (Å²) in [5.74, 6) is -0.643. The topological polar surface area (TPSA) is 136 Å². The van der Waals surface area contributed by atoms with E-state index in [-0.39, 0.29) is 18.2 Å². The monoisotopic (exact) mass is 385 g/mol. The standard InChI is InChI=1S/C22H19N5O2/c1-12-17(8-23)20(18(9-24)13(2)27-12)15-4-3-5-16(22(25)29)21(15)19-7-6-14(11-28)10-26-19/h3-7,10,12,27-28H,11H2,1-2H3,(H2,25,29). The van der Waals surface area contributed by atoms with E-state index in [1.807, 2.05) is 6.92 Å². The van der Waals surface area contributed by atoms with E-state index < -0.39 is 5.91 Å². The molecule has 1 aliphatic rings. The van der Waals surface area contributed by atoms with Crippen molar-refractivity contribution in [2.45, 2.75) is 26.5 Å². The van der Waals surface area contributed by atoms with Crippen molar-refractivity contribution in [1.29, 1.82) is 10.5 Å². The van der Waals surface area contributed by atoms with Gasteiger partial charge in [-0.25, -0.2) is 0 Å². The summed E-state index contributed by atoms with van der Waals surface area (Å²) in [5, 5.41) is 32.0. The molecule has 2 heterocycles. The second kappa shape index (κ2) is 7.97. The maximum atomic E-state index is 12.2. The van der Waals surface area contributed by atoms with Gasteiger partial charge in [0.25, 0.3) is 0 Å². The van der Waals surface area contributed by atoms with Crippen molar-refractivity contribution in [2.75, 3.05) is 0 Å². The van der Waals surface area contributed by atoms with Gasteiger partial charge in [0, 0.05) is 28.6 Å². The molecule has 7 nitrogen and oxygen atoms in total. The molecular weight excluding hydrogens is 366 g/mol. The first-order valence-electron chi connectivity index (χ1n) is 8.94. The number of aliphatic hydroxyl groups is 1. The lowest BCUT2D eigenvalue weighted by molar-refractivity contribution is 0.100. The predicted octanol–water partition coefficient (Wildman–Crippen LogP) is 2.41. The molecule has 2 aromatic rings. The molecule has 1 aromatic heterocycles. The number of primary amides is 1. The number of rotatable bonds is 4. The SMILES string of the molecule is CC1=C(C#N)C(c2cccc(C(N)=O)c2-c2ccc(CO)cn2)=C(C#N)C(C)N1. The molecule has 0 aliphatic carbocycles. The fourth-order valence-electron chi connectivity index (χ4n) is 3.49. The highest BCUT2D eigenvalue weighted by Gasteiger charge is 2.29. The zero-order chi connectivity index (χ0) is 21.1. The van der Waals surface area contributed by atoms with Gasteiger partial charge in [0.2, 0.25) is 5.91 Å². The van der Waals surface area contributed by atoms with Crippen molar-refractivity contribution >= 4 is 11.5 Å². The van der Waals surface area contributed by atoms with Gasteiger partial charge in [0.15, 0.2) is 0 Å². The molecule has 0 spiro atoms. The minimum absolute atomic E-state index is 0.162. The molecule has 144 valence electrons. The highest BCUT2D eigenvalue weighted by molar-refractivity contribution is 6.05. The highest BCUT2D eigenvalue weighted by atomic mass is 16.3. The van der Waals surface area contributed by atoms with E-state index in [0.717, 1.165) is 0 Å². The number of dihydropyridines is 1. The first-order chi connectivity index (χ1) is 13.9. The van der Waals surface area contributed by atoms with Crippen LogP contribution < -0.4 is 11.1 Å². The number of allylic oxidation sites excluding steroid dienone is 3. The number of nitrogens with zero attached hydrogens (tertiary/aromatic N) is 3. The first kappa shape index (κ1) is 19.8. The fraction of sp³-hybridized carbons (Fsp3) is 0.182. The Bertz CT molecular complexity index is 1130. The Morgan fingerprint density at radius 1 is 1.28 bits per heavy atom. The van der Waals surface area contributed by atoms with Crippen molar-refractivity contribution in [3.8, 4) is 23.4 Å². The third-order valence-electron chi connectivity index (χ3n) is 4.86. The largest absolute Gasteiger partial charge is 0.392 e. The van der Waals surface area contributed by atoms with Gasteiger partial charge in [-0.15, -0.1) is 0 Å². The second-order valence-corrected chi connectivity index (χ2v) is 6.68. The third-order valence-corrected chi connectivity index (χ3v) is 4.86. The molecule has 1 unspecified atom stereocenters. The van der Waals surface area contributed by atoms with Crippen LogP contribution in [0.25, 0.3) is 16.8 Å². The Morgan fingerprint density at radius 2 is 2.03 bits per heavy atom. The van der Waals surface area contributed by atoms with Gasteiger partial charge < -0.3 is 16.2 Å². The number of aliphatic hydroxyl groups excluding tert-OH is 1. The van der Waals surface area contributed by atoms with Crippen LogP contribution in [0.15, 0.2) is 53.4 Å². The number of amides is 1. The molecule has 0 bridgehead atoms. The van der Waals surface area contributed by atoms with Gasteiger partial charge in [0.1, 0.15) is 6.07 Å². The minimum atomic E-state index is -0.643. The van der Waals surface area contributed by atoms with Crippen LogP contribution in [0.1, 0.15) is 35.3 Å². The summed E-state index contributed by atoms with van der Waals surface area (Å²) in [7, 11) is 0. The summed E-state index contributed by atoms with van der Waals surface area (Å²) in [5.41, 5.74) is 9.73. The Hall–Kier alpha value is -3.94. The van der Waals surface area contributed by atoms with Crippen LogP contribution in [0.2, 0.25) is 0 Å². The molecule has 0 saturated carbocycles. The quantitative estimate of drug-likeness (QED) is 0.739. The maximum Gasteiger partial charge on any atom is 0.249 e. The van der Waals surface area contributed by atoms with E-state index in [2.05, 4.69) is 22.4 Å². The number of carbonyl (C=O) groups excluding carboxylic acids is 1. The molecule has 3 rings (SSSR count). The Labute approximate surface area is 168 Å². The van der Waals surface area contributed by atoms with Crippen LogP contribution in [0.5, 0.6) is 0 Å². The van der Waals surface area contributed by atoms with E-state index in [1.165, 1.54) is 6.20 Å². The number of nitrogens with two attached hydrogens (primary N) is 1. The van der Waals surface area contributed by atoms with Crippen molar-refractivity contribution < 1.29 is 9.90 Å². The normalized spacial score (nSPS) is 16.1. The zero-order valence-electron chi connectivity index (χ0n) is 16.0. The van der Waals surface area contributed by atoms with Crippen molar-refractivity contribution in [1.82, 2.24) is 10.3 Å². The molecular formula is C22H19N5O2. The van der Waals surface area contributed by atoms with Gasteiger partial charge in [-0.1, -0.05) is 18.2 Å². The number of aromatic nitrogens is 1. The van der Waals surface area contributed by atoms with Gasteiger partial charge in [0.05, 0.1) is 35.6 Å². The van der Waals surface area contributed by atoms with Crippen molar-refractivity contribution in [3.63, 3.8) is 0 Å². The smallest absolute Gasteiger partial charge is 0.249 e. The molecule has 1 aromatic carbocycles. The fourth-order valence-corrected chi connectivity index (χ4v) is 3.49. The van der Waals surface area contributed by atoms with Crippen molar-refractivity contribution in [2.24, 2.45) is 5.73 Å². The first-order valence-corrected chi connectivity index (χ1v) is 8.94.